The molecule has 1 aromatic rings. The average molecular weight is 350 g/mol. The molecule has 3 atom stereocenters. The molecule has 1 amide bonds. The molecule has 6 nitrogen and oxygen atoms in total. The third kappa shape index (κ3) is 4.36. The number of nitrogens with one attached hydrogen (secondary N) is 3. The number of likely N-dealkylation sites (tertiary alicyclic amines) is 1. The number of hydrogen-bond donors (Lipinski definition) is 4. The molecule has 2 aliphatic rings. The van der Waals surface area contributed by atoms with E-state index in [1.54, 1.807) is 23.1 Å². The van der Waals surface area contributed by atoms with Crippen LogP contribution in [0.3, 0.4) is 0 Å². The molecule has 0 bridgehead atoms. The van der Waals surface area contributed by atoms with E-state index in [9.17, 15) is 14.3 Å². The van der Waals surface area contributed by atoms with Gasteiger partial charge in [0.15, 0.2) is 5.60 Å². The number of carbonyl (C=O) groups is 1. The predicted molar refractivity (Wildman–Crippen MR) is 93.0 cm³/mol. The molecular weight excluding hydrogens is 323 g/mol. The fourth-order valence-electron chi connectivity index (χ4n) is 3.60. The zero-order valence-electron chi connectivity index (χ0n) is 14.6. The van der Waals surface area contributed by atoms with Gasteiger partial charge in [-0.15, -0.1) is 0 Å². The second kappa shape index (κ2) is 7.78. The van der Waals surface area contributed by atoms with Crippen LogP contribution in [0.15, 0.2) is 24.3 Å². The summed E-state index contributed by atoms with van der Waals surface area (Å²) in [5.41, 5.74) is 5.40. The van der Waals surface area contributed by atoms with Crippen molar-refractivity contribution < 1.29 is 14.3 Å². The fourth-order valence-corrected chi connectivity index (χ4v) is 3.60. The molecule has 2 heterocycles. The lowest BCUT2D eigenvalue weighted by atomic mass is 9.91. The molecule has 2 saturated heterocycles. The highest BCUT2D eigenvalue weighted by Crippen LogP contribution is 2.24. The largest absolute Gasteiger partial charge is 0.379 e. The normalized spacial score (nSPS) is 30.0. The fraction of sp³-hybridized carbons (Fsp3) is 0.611. The van der Waals surface area contributed by atoms with E-state index in [1.165, 1.54) is 6.07 Å². The second-order valence-electron chi connectivity index (χ2n) is 7.21. The molecule has 3 rings (SSSR count). The summed E-state index contributed by atoms with van der Waals surface area (Å²) in [6.45, 7) is 3.73. The van der Waals surface area contributed by atoms with Crippen LogP contribution in [-0.4, -0.2) is 53.2 Å². The molecule has 3 unspecified atom stereocenters. The summed E-state index contributed by atoms with van der Waals surface area (Å²) in [6.07, 6.45) is 2.14. The third-order valence-corrected chi connectivity index (χ3v) is 5.00. The molecule has 0 aromatic heterocycles. The minimum Gasteiger partial charge on any atom is -0.379 e. The highest BCUT2D eigenvalue weighted by molar-refractivity contribution is 5.86. The number of halogens is 1. The first-order chi connectivity index (χ1) is 12.0. The van der Waals surface area contributed by atoms with Gasteiger partial charge in [0.25, 0.3) is 5.91 Å². The van der Waals surface area contributed by atoms with Crippen LogP contribution in [0.1, 0.15) is 31.7 Å². The number of rotatable bonds is 6. The first-order valence-corrected chi connectivity index (χ1v) is 8.95. The summed E-state index contributed by atoms with van der Waals surface area (Å²) in [6, 6.07) is 7.15. The maximum atomic E-state index is 13.8. The summed E-state index contributed by atoms with van der Waals surface area (Å²) in [7, 11) is 0. The zero-order chi connectivity index (χ0) is 17.9. The predicted octanol–water partition coefficient (Wildman–Crippen LogP) is 0.524. The number of hydrazine groups is 1. The van der Waals surface area contributed by atoms with Crippen LogP contribution in [0.2, 0.25) is 0 Å². The minimum absolute atomic E-state index is 0.194. The molecular formula is C18H27FN4O2. The van der Waals surface area contributed by atoms with Gasteiger partial charge in [0.05, 0.1) is 0 Å². The lowest BCUT2D eigenvalue weighted by molar-refractivity contribution is -0.157. The van der Waals surface area contributed by atoms with Gasteiger partial charge < -0.3 is 15.3 Å². The van der Waals surface area contributed by atoms with E-state index in [0.717, 1.165) is 6.42 Å². The third-order valence-electron chi connectivity index (χ3n) is 5.00. The summed E-state index contributed by atoms with van der Waals surface area (Å²) in [4.78, 5) is 14.3. The van der Waals surface area contributed by atoms with E-state index in [-0.39, 0.29) is 30.9 Å². The van der Waals surface area contributed by atoms with Crippen LogP contribution >= 0.6 is 0 Å². The van der Waals surface area contributed by atoms with Crippen molar-refractivity contribution in [1.82, 2.24) is 21.1 Å². The maximum absolute atomic E-state index is 13.8. The van der Waals surface area contributed by atoms with E-state index in [0.29, 0.717) is 37.5 Å². The minimum atomic E-state index is -1.42. The molecule has 0 radical (unpaired) electrons. The Labute approximate surface area is 147 Å². The number of hydrogen-bond acceptors (Lipinski definition) is 5. The summed E-state index contributed by atoms with van der Waals surface area (Å²) >= 11 is 0. The molecule has 0 saturated carbocycles. The molecule has 2 aliphatic heterocycles. The van der Waals surface area contributed by atoms with Crippen LogP contribution in [0.25, 0.3) is 0 Å². The molecule has 0 aliphatic carbocycles. The number of benzene rings is 1. The molecule has 2 fully saturated rings. The van der Waals surface area contributed by atoms with Crippen LogP contribution in [0, 0.1) is 5.82 Å². The van der Waals surface area contributed by atoms with E-state index in [1.807, 2.05) is 0 Å². The Morgan fingerprint density at radius 1 is 1.40 bits per heavy atom. The Bertz CT molecular complexity index is 614. The monoisotopic (exact) mass is 350 g/mol. The van der Waals surface area contributed by atoms with Crippen molar-refractivity contribution in [3.8, 4) is 0 Å². The first-order valence-electron chi connectivity index (χ1n) is 8.95. The van der Waals surface area contributed by atoms with Crippen molar-refractivity contribution in [1.29, 1.82) is 0 Å². The van der Waals surface area contributed by atoms with Gasteiger partial charge in [-0.2, -0.15) is 0 Å². The quantitative estimate of drug-likeness (QED) is 0.602. The Hall–Kier alpha value is -1.54. The number of carbonyl (C=O) groups excluding carboxylic acids is 1. The van der Waals surface area contributed by atoms with Gasteiger partial charge in [-0.25, -0.2) is 4.39 Å². The van der Waals surface area contributed by atoms with Crippen molar-refractivity contribution in [2.45, 2.75) is 50.4 Å². The van der Waals surface area contributed by atoms with Crippen molar-refractivity contribution in [3.63, 3.8) is 0 Å². The first kappa shape index (κ1) is 18.3. The zero-order valence-corrected chi connectivity index (χ0v) is 14.6. The van der Waals surface area contributed by atoms with E-state index < -0.39 is 5.60 Å². The van der Waals surface area contributed by atoms with Crippen LogP contribution in [-0.2, 0) is 11.3 Å². The van der Waals surface area contributed by atoms with Gasteiger partial charge in [-0.3, -0.25) is 15.6 Å². The topological polar surface area (TPSA) is 76.6 Å². The Morgan fingerprint density at radius 3 is 2.92 bits per heavy atom. The average Bonchev–Trinajstić information content (AvgIpc) is 2.99. The van der Waals surface area contributed by atoms with Crippen LogP contribution < -0.4 is 16.2 Å². The van der Waals surface area contributed by atoms with Crippen molar-refractivity contribution in [2.75, 3.05) is 19.6 Å². The van der Waals surface area contributed by atoms with E-state index in [2.05, 4.69) is 23.1 Å². The van der Waals surface area contributed by atoms with E-state index in [4.69, 9.17) is 0 Å². The molecule has 1 aromatic carbocycles. The number of aliphatic hydroxyl groups is 1. The Balaban J connectivity index is 1.55. The second-order valence-corrected chi connectivity index (χ2v) is 7.21. The van der Waals surface area contributed by atoms with E-state index >= 15 is 0 Å². The van der Waals surface area contributed by atoms with Gasteiger partial charge in [0.1, 0.15) is 5.82 Å². The summed E-state index contributed by atoms with van der Waals surface area (Å²) in [5.74, 6) is -0.642. The SMILES string of the molecule is CC1CC(CNCC2(O)CCCN(Cc3ccccc3F)C2=O)NN1. The van der Waals surface area contributed by atoms with Crippen LogP contribution in [0.4, 0.5) is 4.39 Å². The van der Waals surface area contributed by atoms with Crippen molar-refractivity contribution in [3.05, 3.63) is 35.6 Å². The Kier molecular flexibility index (Phi) is 5.68. The summed E-state index contributed by atoms with van der Waals surface area (Å²) < 4.78 is 13.8. The van der Waals surface area contributed by atoms with Crippen molar-refractivity contribution >= 4 is 5.91 Å². The highest BCUT2D eigenvalue weighted by Gasteiger charge is 2.42. The van der Waals surface area contributed by atoms with Gasteiger partial charge in [0.2, 0.25) is 0 Å². The molecule has 25 heavy (non-hydrogen) atoms. The van der Waals surface area contributed by atoms with Gasteiger partial charge in [0, 0.05) is 43.8 Å². The number of piperidine rings is 1. The van der Waals surface area contributed by atoms with Crippen molar-refractivity contribution in [2.24, 2.45) is 0 Å². The lowest BCUT2D eigenvalue weighted by Gasteiger charge is -2.38. The molecule has 138 valence electrons. The van der Waals surface area contributed by atoms with Gasteiger partial charge >= 0.3 is 0 Å². The van der Waals surface area contributed by atoms with Gasteiger partial charge in [-0.1, -0.05) is 18.2 Å². The summed E-state index contributed by atoms with van der Waals surface area (Å²) in [5, 5.41) is 14.0. The molecule has 7 heteroatoms. The smallest absolute Gasteiger partial charge is 0.256 e. The highest BCUT2D eigenvalue weighted by atomic mass is 19.1. The standard InChI is InChI=1S/C18H27FN4O2/c1-13-9-15(22-21-13)10-20-12-18(25)7-4-8-23(17(18)24)11-14-5-2-3-6-16(14)19/h2-3,5-6,13,15,20-22,25H,4,7-12H2,1H3. The number of nitrogens with zero attached hydrogens (tertiary/aromatic N) is 1. The Morgan fingerprint density at radius 2 is 2.20 bits per heavy atom. The lowest BCUT2D eigenvalue weighted by Crippen LogP contribution is -2.58. The number of amides is 1. The van der Waals surface area contributed by atoms with Gasteiger partial charge in [-0.05, 0) is 32.3 Å². The molecule has 4 N–H and O–H groups in total. The molecule has 0 spiro atoms. The maximum Gasteiger partial charge on any atom is 0.256 e. The van der Waals surface area contributed by atoms with Crippen LogP contribution in [0.5, 0.6) is 0 Å².